The fourth-order valence-corrected chi connectivity index (χ4v) is 2.85. The number of carbonyl (C=O) groups is 1. The summed E-state index contributed by atoms with van der Waals surface area (Å²) in [5, 5.41) is 26.5. The average Bonchev–Trinajstić information content (AvgIpc) is 2.68. The van der Waals surface area contributed by atoms with Crippen LogP contribution in [0, 0.1) is 10.1 Å². The molecule has 0 spiro atoms. The van der Waals surface area contributed by atoms with Gasteiger partial charge < -0.3 is 26.6 Å². The van der Waals surface area contributed by atoms with E-state index >= 15 is 0 Å². The van der Waals surface area contributed by atoms with Crippen molar-refractivity contribution in [2.24, 2.45) is 0 Å². The summed E-state index contributed by atoms with van der Waals surface area (Å²) < 4.78 is 0. The molecule has 0 bridgehead atoms. The highest BCUT2D eigenvalue weighted by Crippen LogP contribution is 2.24. The maximum Gasteiger partial charge on any atom is 0.269 e. The summed E-state index contributed by atoms with van der Waals surface area (Å²) in [4.78, 5) is 21.0. The number of nitro benzene ring substituents is 1. The van der Waals surface area contributed by atoms with E-state index in [1.165, 1.54) is 12.1 Å². The standard InChI is InChI=1S/C10H11BrN2O3.C8H20N4/c1-2-12-10(14)9(11)7-3-5-8(6-4-7)13(15)16;1-2-10-5-6-12-8-7-11-4-3-9-1/h3-6,9H,2H2,1H3,(H,12,14);9-12H,1-8H2. The van der Waals surface area contributed by atoms with Crippen molar-refractivity contribution in [3.8, 4) is 0 Å². The van der Waals surface area contributed by atoms with E-state index in [4.69, 9.17) is 0 Å². The minimum Gasteiger partial charge on any atom is -0.355 e. The van der Waals surface area contributed by atoms with E-state index in [1.807, 2.05) is 6.92 Å². The molecule has 0 radical (unpaired) electrons. The third kappa shape index (κ3) is 10.7. The number of likely N-dealkylation sites (N-methyl/N-ethyl adjacent to an activating group) is 1. The Bertz CT molecular complexity index is 530. The summed E-state index contributed by atoms with van der Waals surface area (Å²) in [6.07, 6.45) is 0. The van der Waals surface area contributed by atoms with Crippen LogP contribution >= 0.6 is 15.9 Å². The normalized spacial score (nSPS) is 17.1. The van der Waals surface area contributed by atoms with Gasteiger partial charge in [-0.2, -0.15) is 0 Å². The molecule has 0 aromatic heterocycles. The van der Waals surface area contributed by atoms with E-state index < -0.39 is 9.75 Å². The number of carbonyl (C=O) groups excluding carboxylic acids is 1. The molecule has 10 heteroatoms. The van der Waals surface area contributed by atoms with Crippen LogP contribution in [0.4, 0.5) is 5.69 Å². The number of amides is 1. The van der Waals surface area contributed by atoms with Gasteiger partial charge in [-0.15, -0.1) is 0 Å². The smallest absolute Gasteiger partial charge is 0.269 e. The lowest BCUT2D eigenvalue weighted by Crippen LogP contribution is -2.39. The van der Waals surface area contributed by atoms with Gasteiger partial charge in [0, 0.05) is 71.0 Å². The molecule has 0 aliphatic carbocycles. The molecule has 1 aliphatic heterocycles. The first-order valence-electron chi connectivity index (χ1n) is 9.55. The first-order valence-corrected chi connectivity index (χ1v) is 10.5. The van der Waals surface area contributed by atoms with Crippen LogP contribution in [0.1, 0.15) is 17.3 Å². The van der Waals surface area contributed by atoms with Gasteiger partial charge in [-0.25, -0.2) is 0 Å². The zero-order valence-corrected chi connectivity index (χ0v) is 17.9. The second kappa shape index (κ2) is 15.3. The molecule has 1 aromatic carbocycles. The van der Waals surface area contributed by atoms with Gasteiger partial charge in [0.05, 0.1) is 4.92 Å². The van der Waals surface area contributed by atoms with Crippen molar-refractivity contribution in [2.75, 3.05) is 58.9 Å². The fourth-order valence-electron chi connectivity index (χ4n) is 2.39. The number of non-ortho nitro benzene ring substituents is 1. The van der Waals surface area contributed by atoms with Crippen LogP contribution in [-0.2, 0) is 4.79 Å². The lowest BCUT2D eigenvalue weighted by Gasteiger charge is -2.11. The van der Waals surface area contributed by atoms with E-state index in [0.717, 1.165) is 52.4 Å². The summed E-state index contributed by atoms with van der Waals surface area (Å²) in [5.41, 5.74) is 0.705. The Morgan fingerprint density at radius 2 is 1.39 bits per heavy atom. The number of hydrogen-bond acceptors (Lipinski definition) is 7. The number of nitrogens with one attached hydrogen (secondary N) is 5. The molecule has 2 rings (SSSR count). The highest BCUT2D eigenvalue weighted by Gasteiger charge is 2.17. The maximum absolute atomic E-state index is 11.5. The van der Waals surface area contributed by atoms with Gasteiger partial charge in [-0.3, -0.25) is 14.9 Å². The lowest BCUT2D eigenvalue weighted by molar-refractivity contribution is -0.384. The van der Waals surface area contributed by atoms with Crippen LogP contribution in [0.3, 0.4) is 0 Å². The summed E-state index contributed by atoms with van der Waals surface area (Å²) in [6, 6.07) is 5.88. The minimum absolute atomic E-state index is 0.0133. The summed E-state index contributed by atoms with van der Waals surface area (Å²) in [5.74, 6) is -0.156. The Labute approximate surface area is 174 Å². The Morgan fingerprint density at radius 1 is 1.00 bits per heavy atom. The molecule has 1 saturated heterocycles. The van der Waals surface area contributed by atoms with Crippen LogP contribution in [-0.4, -0.2) is 69.7 Å². The maximum atomic E-state index is 11.5. The van der Waals surface area contributed by atoms with E-state index in [-0.39, 0.29) is 11.6 Å². The van der Waals surface area contributed by atoms with Gasteiger partial charge in [0.1, 0.15) is 4.83 Å². The Hall–Kier alpha value is -1.59. The van der Waals surface area contributed by atoms with Crippen molar-refractivity contribution >= 4 is 27.5 Å². The van der Waals surface area contributed by atoms with Crippen molar-refractivity contribution in [1.82, 2.24) is 26.6 Å². The number of benzene rings is 1. The second-order valence-corrected chi connectivity index (χ2v) is 7.02. The Kier molecular flexibility index (Phi) is 13.4. The molecule has 0 saturated carbocycles. The molecule has 1 atom stereocenters. The van der Waals surface area contributed by atoms with E-state index in [9.17, 15) is 14.9 Å². The first-order chi connectivity index (χ1) is 13.6. The molecular formula is C18H31BrN6O3. The zero-order chi connectivity index (χ0) is 20.6. The SMILES string of the molecule is C1CNCCNCCNCCN1.CCNC(=O)C(Br)c1ccc([N+](=O)[O-])cc1. The van der Waals surface area contributed by atoms with E-state index in [1.54, 1.807) is 12.1 Å². The van der Waals surface area contributed by atoms with Gasteiger partial charge in [0.2, 0.25) is 5.91 Å². The molecule has 1 amide bonds. The fraction of sp³-hybridized carbons (Fsp3) is 0.611. The van der Waals surface area contributed by atoms with Crippen LogP contribution in [0.15, 0.2) is 24.3 Å². The van der Waals surface area contributed by atoms with Crippen LogP contribution < -0.4 is 26.6 Å². The quantitative estimate of drug-likeness (QED) is 0.253. The molecule has 1 aliphatic rings. The predicted octanol–water partition coefficient (Wildman–Crippen LogP) is 0.525. The molecule has 158 valence electrons. The number of alkyl halides is 1. The van der Waals surface area contributed by atoms with Gasteiger partial charge >= 0.3 is 0 Å². The summed E-state index contributed by atoms with van der Waals surface area (Å²) in [6.45, 7) is 10.9. The molecular weight excluding hydrogens is 428 g/mol. The molecule has 1 fully saturated rings. The minimum atomic E-state index is -0.478. The molecule has 9 nitrogen and oxygen atoms in total. The molecule has 28 heavy (non-hydrogen) atoms. The molecule has 1 aromatic rings. The lowest BCUT2D eigenvalue weighted by atomic mass is 10.1. The number of nitrogens with zero attached hydrogens (tertiary/aromatic N) is 1. The first kappa shape index (κ1) is 24.4. The van der Waals surface area contributed by atoms with Crippen molar-refractivity contribution < 1.29 is 9.72 Å². The molecule has 1 unspecified atom stereocenters. The van der Waals surface area contributed by atoms with Crippen LogP contribution in [0.5, 0.6) is 0 Å². The van der Waals surface area contributed by atoms with Gasteiger partial charge in [-0.05, 0) is 12.5 Å². The Balaban J connectivity index is 0.000000292. The van der Waals surface area contributed by atoms with Crippen molar-refractivity contribution in [1.29, 1.82) is 0 Å². The predicted molar refractivity (Wildman–Crippen MR) is 115 cm³/mol. The zero-order valence-electron chi connectivity index (χ0n) is 16.3. The number of rotatable bonds is 4. The summed E-state index contributed by atoms with van der Waals surface area (Å²) >= 11 is 3.23. The number of hydrogen-bond donors (Lipinski definition) is 5. The van der Waals surface area contributed by atoms with Crippen LogP contribution in [0.25, 0.3) is 0 Å². The largest absolute Gasteiger partial charge is 0.355 e. The van der Waals surface area contributed by atoms with Crippen molar-refractivity contribution in [3.05, 3.63) is 39.9 Å². The molecule has 5 N–H and O–H groups in total. The van der Waals surface area contributed by atoms with E-state index in [0.29, 0.717) is 12.1 Å². The van der Waals surface area contributed by atoms with Gasteiger partial charge in [0.25, 0.3) is 5.69 Å². The third-order valence-corrected chi connectivity index (χ3v) is 4.84. The highest BCUT2D eigenvalue weighted by atomic mass is 79.9. The molecule has 1 heterocycles. The van der Waals surface area contributed by atoms with Gasteiger partial charge in [-0.1, -0.05) is 28.1 Å². The average molecular weight is 459 g/mol. The Morgan fingerprint density at radius 3 is 1.71 bits per heavy atom. The van der Waals surface area contributed by atoms with Gasteiger partial charge in [0.15, 0.2) is 0 Å². The second-order valence-electron chi connectivity index (χ2n) is 6.11. The third-order valence-electron chi connectivity index (χ3n) is 3.89. The van der Waals surface area contributed by atoms with E-state index in [2.05, 4.69) is 42.5 Å². The van der Waals surface area contributed by atoms with Crippen LogP contribution in [0.2, 0.25) is 0 Å². The topological polar surface area (TPSA) is 120 Å². The number of nitro groups is 1. The summed E-state index contributed by atoms with van der Waals surface area (Å²) in [7, 11) is 0. The highest BCUT2D eigenvalue weighted by molar-refractivity contribution is 9.09. The number of halogens is 1. The monoisotopic (exact) mass is 458 g/mol. The van der Waals surface area contributed by atoms with Crippen molar-refractivity contribution in [2.45, 2.75) is 11.8 Å². The van der Waals surface area contributed by atoms with Crippen molar-refractivity contribution in [3.63, 3.8) is 0 Å².